The zero-order valence-corrected chi connectivity index (χ0v) is 41.0. The normalized spacial score (nSPS) is 14.2. The first-order valence-electron chi connectivity index (χ1n) is 25.2. The summed E-state index contributed by atoms with van der Waals surface area (Å²) in [6.45, 7) is -0.995. The molecule has 394 valence electrons. The molecule has 0 fully saturated rings. The maximum atomic E-state index is 14.1. The van der Waals surface area contributed by atoms with Crippen LogP contribution in [0.25, 0.3) is 33.4 Å². The number of nitrogens with one attached hydrogen (secondary N) is 3. The number of carbonyl (C=O) groups is 3. The van der Waals surface area contributed by atoms with Crippen LogP contribution in [0.2, 0.25) is 0 Å². The fourth-order valence-corrected chi connectivity index (χ4v) is 11.1. The van der Waals surface area contributed by atoms with E-state index in [1.54, 1.807) is 60.7 Å². The zero-order chi connectivity index (χ0) is 53.4. The van der Waals surface area contributed by atoms with E-state index in [0.29, 0.717) is 104 Å². The first-order chi connectivity index (χ1) is 35.8. The fourth-order valence-electron chi connectivity index (χ4n) is 11.1. The highest BCUT2D eigenvalue weighted by Crippen LogP contribution is 2.53. The summed E-state index contributed by atoms with van der Waals surface area (Å²) < 4.78 is 121. The van der Waals surface area contributed by atoms with E-state index in [4.69, 9.17) is 0 Å². The Kier molecular flexibility index (Phi) is 16.6. The van der Waals surface area contributed by atoms with Crippen LogP contribution >= 0.6 is 0 Å². The van der Waals surface area contributed by atoms with Gasteiger partial charge in [-0.1, -0.05) is 153 Å². The SMILES string of the molecule is O=C(NCCCN(CCCCCCC1(C(=O)NCC(F)(F)F)c2ccccc2-c2ccccc21)CCCCC1(C(=O)NCC(F)(F)F)c2ccccc2-c2ccccc21)c1ccccc1-c1ccc(C(F)(F)F)cc1. The highest BCUT2D eigenvalue weighted by Gasteiger charge is 2.50. The van der Waals surface area contributed by atoms with Crippen LogP contribution in [0.5, 0.6) is 0 Å². The van der Waals surface area contributed by atoms with Gasteiger partial charge in [0.15, 0.2) is 0 Å². The van der Waals surface area contributed by atoms with Crippen LogP contribution in [0, 0.1) is 0 Å². The molecule has 7 nitrogen and oxygen atoms in total. The van der Waals surface area contributed by atoms with Gasteiger partial charge in [-0.15, -0.1) is 0 Å². The van der Waals surface area contributed by atoms with E-state index in [-0.39, 0.29) is 19.4 Å². The van der Waals surface area contributed by atoms with Gasteiger partial charge < -0.3 is 20.9 Å². The summed E-state index contributed by atoms with van der Waals surface area (Å²) in [7, 11) is 0. The molecule has 3 N–H and O–H groups in total. The molecule has 0 heterocycles. The number of benzene rings is 6. The average molecular weight is 1040 g/mol. The molecule has 75 heavy (non-hydrogen) atoms. The minimum atomic E-state index is -4.62. The number of alkyl halides is 9. The molecule has 0 saturated heterocycles. The highest BCUT2D eigenvalue weighted by atomic mass is 19.4. The van der Waals surface area contributed by atoms with Crippen LogP contribution in [-0.4, -0.2) is 74.2 Å². The molecule has 0 spiro atoms. The van der Waals surface area contributed by atoms with Crippen LogP contribution in [-0.2, 0) is 26.6 Å². The summed E-state index contributed by atoms with van der Waals surface area (Å²) in [4.78, 5) is 44.0. The van der Waals surface area contributed by atoms with Crippen LogP contribution < -0.4 is 16.0 Å². The first-order valence-corrected chi connectivity index (χ1v) is 25.2. The predicted octanol–water partition coefficient (Wildman–Crippen LogP) is 13.2. The molecule has 2 aliphatic rings. The lowest BCUT2D eigenvalue weighted by Gasteiger charge is -2.32. The number of nitrogens with zero attached hydrogens (tertiary/aromatic N) is 1. The van der Waals surface area contributed by atoms with Crippen molar-refractivity contribution in [1.82, 2.24) is 20.9 Å². The molecule has 0 aliphatic heterocycles. The molecule has 2 aliphatic carbocycles. The number of rotatable bonds is 22. The molecule has 6 aromatic carbocycles. The number of amides is 3. The van der Waals surface area contributed by atoms with Crippen LogP contribution in [0.1, 0.15) is 96.0 Å². The molecule has 8 rings (SSSR count). The summed E-state index contributed by atoms with van der Waals surface area (Å²) in [6, 6.07) is 40.4. The summed E-state index contributed by atoms with van der Waals surface area (Å²) in [5.74, 6) is -1.84. The van der Waals surface area contributed by atoms with Gasteiger partial charge in [0.05, 0.1) is 5.56 Å². The van der Waals surface area contributed by atoms with Gasteiger partial charge >= 0.3 is 18.5 Å². The van der Waals surface area contributed by atoms with Gasteiger partial charge in [0.25, 0.3) is 5.91 Å². The second-order valence-corrected chi connectivity index (χ2v) is 19.3. The van der Waals surface area contributed by atoms with Gasteiger partial charge in [-0.2, -0.15) is 39.5 Å². The monoisotopic (exact) mass is 1040 g/mol. The van der Waals surface area contributed by atoms with Gasteiger partial charge in [0.1, 0.15) is 23.9 Å². The third-order valence-electron chi connectivity index (χ3n) is 14.5. The molecule has 0 saturated carbocycles. The predicted molar refractivity (Wildman–Crippen MR) is 271 cm³/mol. The third kappa shape index (κ3) is 12.1. The van der Waals surface area contributed by atoms with Gasteiger partial charge in [0.2, 0.25) is 11.8 Å². The summed E-state index contributed by atoms with van der Waals surface area (Å²) in [6.07, 6.45) is -9.06. The molecule has 0 aromatic heterocycles. The minimum absolute atomic E-state index is 0.234. The highest BCUT2D eigenvalue weighted by molar-refractivity contribution is 6.02. The fraction of sp³-hybridized carbons (Fsp3) is 0.339. The largest absolute Gasteiger partial charge is 0.416 e. The van der Waals surface area contributed by atoms with E-state index in [9.17, 15) is 53.9 Å². The lowest BCUT2D eigenvalue weighted by molar-refractivity contribution is -0.141. The second-order valence-electron chi connectivity index (χ2n) is 19.3. The molecule has 0 unspecified atom stereocenters. The summed E-state index contributed by atoms with van der Waals surface area (Å²) in [5.41, 5.74) is 3.50. The van der Waals surface area contributed by atoms with Crippen LogP contribution in [0.3, 0.4) is 0 Å². The molecule has 0 atom stereocenters. The maximum Gasteiger partial charge on any atom is 0.416 e. The number of carbonyl (C=O) groups excluding carboxylic acids is 3. The van der Waals surface area contributed by atoms with Crippen LogP contribution in [0.4, 0.5) is 39.5 Å². The Hall–Kier alpha value is -6.94. The average Bonchev–Trinajstić information content (AvgIpc) is 3.91. The summed E-state index contributed by atoms with van der Waals surface area (Å²) in [5, 5.41) is 7.33. The van der Waals surface area contributed by atoms with Crippen molar-refractivity contribution in [2.24, 2.45) is 0 Å². The molecule has 0 radical (unpaired) electrons. The van der Waals surface area contributed by atoms with Gasteiger partial charge in [-0.25, -0.2) is 0 Å². The molecule has 0 bridgehead atoms. The van der Waals surface area contributed by atoms with Crippen molar-refractivity contribution in [1.29, 1.82) is 0 Å². The number of unbranched alkanes of at least 4 members (excludes halogenated alkanes) is 4. The molecule has 6 aromatic rings. The Morgan fingerprint density at radius 1 is 0.413 bits per heavy atom. The van der Waals surface area contributed by atoms with Crippen molar-refractivity contribution < 1.29 is 53.9 Å². The van der Waals surface area contributed by atoms with E-state index in [0.717, 1.165) is 34.4 Å². The third-order valence-corrected chi connectivity index (χ3v) is 14.5. The topological polar surface area (TPSA) is 90.5 Å². The summed E-state index contributed by atoms with van der Waals surface area (Å²) >= 11 is 0. The molecule has 3 amide bonds. The molecular weight excluding hydrogens is 984 g/mol. The molecular formula is C59H57F9N4O3. The molecule has 16 heteroatoms. The quantitative estimate of drug-likeness (QED) is 0.0467. The maximum absolute atomic E-state index is 14.1. The lowest BCUT2D eigenvalue weighted by Crippen LogP contribution is -2.47. The standard InChI is InChI=1S/C59H57F9N4O3/c60-57(61,62)38-70-53(74)55(48-24-9-5-19-43(48)44-20-6-10-25-49(44)55)32-13-1-2-15-35-72(37-17-34-69-52(73)47-23-4-3-18-42(47)40-28-30-41(31-29-40)59(66,67)68)36-16-14-33-56(54(75)71-39-58(63,64)65)50-26-11-7-21-45(50)46-22-8-12-27-51(46)56/h3-12,18-31H,1-2,13-17,32-39H2,(H,69,73)(H,70,74)(H,71,75). The van der Waals surface area contributed by atoms with Crippen molar-refractivity contribution in [3.63, 3.8) is 0 Å². The van der Waals surface area contributed by atoms with Crippen LogP contribution in [0.15, 0.2) is 146 Å². The van der Waals surface area contributed by atoms with Crippen molar-refractivity contribution in [2.75, 3.05) is 39.3 Å². The van der Waals surface area contributed by atoms with Crippen molar-refractivity contribution >= 4 is 17.7 Å². The van der Waals surface area contributed by atoms with Crippen molar-refractivity contribution in [2.45, 2.75) is 87.1 Å². The minimum Gasteiger partial charge on any atom is -0.352 e. The Morgan fingerprint density at radius 3 is 1.23 bits per heavy atom. The van der Waals surface area contributed by atoms with Gasteiger partial charge in [-0.05, 0) is 126 Å². The second kappa shape index (κ2) is 22.9. The van der Waals surface area contributed by atoms with E-state index in [1.165, 1.54) is 12.1 Å². The Morgan fingerprint density at radius 2 is 0.787 bits per heavy atom. The van der Waals surface area contributed by atoms with Crippen molar-refractivity contribution in [3.8, 4) is 33.4 Å². The number of halogens is 9. The number of hydrogen-bond acceptors (Lipinski definition) is 4. The van der Waals surface area contributed by atoms with E-state index >= 15 is 0 Å². The van der Waals surface area contributed by atoms with E-state index in [2.05, 4.69) is 20.9 Å². The smallest absolute Gasteiger partial charge is 0.352 e. The Labute approximate surface area is 429 Å². The van der Waals surface area contributed by atoms with Gasteiger partial charge in [0, 0.05) is 12.1 Å². The Balaban J connectivity index is 0.946. The number of fused-ring (bicyclic) bond motifs is 6. The zero-order valence-electron chi connectivity index (χ0n) is 41.0. The Bertz CT molecular complexity index is 2880. The van der Waals surface area contributed by atoms with Gasteiger partial charge in [-0.3, -0.25) is 14.4 Å². The van der Waals surface area contributed by atoms with E-state index < -0.39 is 65.7 Å². The first kappa shape index (κ1) is 54.3. The number of hydrogen-bond donors (Lipinski definition) is 3. The van der Waals surface area contributed by atoms with E-state index in [1.807, 2.05) is 60.7 Å². The van der Waals surface area contributed by atoms with Crippen molar-refractivity contribution in [3.05, 3.63) is 179 Å². The lowest BCUT2D eigenvalue weighted by atomic mass is 9.73.